The summed E-state index contributed by atoms with van der Waals surface area (Å²) in [7, 11) is 0. The molecule has 4 heteroatoms. The largest absolute Gasteiger partial charge is 0.325 e. The first-order valence-corrected chi connectivity index (χ1v) is 4.45. The summed E-state index contributed by atoms with van der Waals surface area (Å²) < 4.78 is 9.44. The second-order valence-corrected chi connectivity index (χ2v) is 3.58. The Morgan fingerprint density at radius 1 is 1.50 bits per heavy atom. The van der Waals surface area contributed by atoms with Gasteiger partial charge in [0.05, 0.1) is 5.02 Å². The second-order valence-electron chi connectivity index (χ2n) is 1.67. The molecule has 0 bridgehead atoms. The van der Waals surface area contributed by atoms with E-state index in [-0.39, 0.29) is 0 Å². The monoisotopic (exact) mass is 238 g/mol. The first-order chi connectivity index (χ1) is 4.74. The van der Waals surface area contributed by atoms with Crippen LogP contribution in [0.5, 0.6) is 0 Å². The summed E-state index contributed by atoms with van der Waals surface area (Å²) in [4.78, 5) is 0.744. The molecule has 0 fully saturated rings. The molecule has 1 aromatic rings. The highest BCUT2D eigenvalue weighted by Gasteiger charge is 1.97. The Bertz CT molecular complexity index is 241. The first kappa shape index (κ1) is 8.40. The van der Waals surface area contributed by atoms with Gasteiger partial charge in [0, 0.05) is 21.4 Å². The van der Waals surface area contributed by atoms with Gasteiger partial charge in [-0.25, -0.2) is 0 Å². The fourth-order valence-corrected chi connectivity index (χ4v) is 1.32. The van der Waals surface area contributed by atoms with Gasteiger partial charge < -0.3 is 4.55 Å². The standard InChI is InChI=1S/C6H4BrClOS/c7-5-2-1-4(10-9)3-6(5)8/h1-3,9H. The third-order valence-electron chi connectivity index (χ3n) is 0.996. The maximum absolute atomic E-state index is 8.60. The number of rotatable bonds is 1. The fraction of sp³-hybridized carbons (Fsp3) is 0. The molecule has 0 atom stereocenters. The SMILES string of the molecule is OSc1ccc(Br)c(Cl)c1. The third-order valence-corrected chi connectivity index (χ3v) is 2.69. The van der Waals surface area contributed by atoms with Crippen LogP contribution in [0.25, 0.3) is 0 Å². The van der Waals surface area contributed by atoms with Gasteiger partial charge in [-0.3, -0.25) is 0 Å². The van der Waals surface area contributed by atoms with Crippen LogP contribution in [0.2, 0.25) is 5.02 Å². The molecule has 0 aromatic heterocycles. The molecule has 1 N–H and O–H groups in total. The maximum atomic E-state index is 8.60. The van der Waals surface area contributed by atoms with Crippen molar-refractivity contribution in [1.82, 2.24) is 0 Å². The predicted molar refractivity (Wildman–Crippen MR) is 47.6 cm³/mol. The Labute approximate surface area is 76.7 Å². The van der Waals surface area contributed by atoms with Gasteiger partial charge in [-0.15, -0.1) is 0 Å². The number of hydrogen-bond donors (Lipinski definition) is 1. The zero-order valence-electron chi connectivity index (χ0n) is 4.84. The van der Waals surface area contributed by atoms with Gasteiger partial charge in [0.25, 0.3) is 0 Å². The lowest BCUT2D eigenvalue weighted by atomic mass is 10.4. The molecular weight excluding hydrogens is 235 g/mol. The van der Waals surface area contributed by atoms with Gasteiger partial charge in [-0.05, 0) is 34.1 Å². The van der Waals surface area contributed by atoms with Crippen LogP contribution >= 0.6 is 39.6 Å². The van der Waals surface area contributed by atoms with Gasteiger partial charge in [-0.2, -0.15) is 0 Å². The van der Waals surface area contributed by atoms with E-state index in [2.05, 4.69) is 15.9 Å². The topological polar surface area (TPSA) is 20.2 Å². The molecular formula is C6H4BrClOS. The van der Waals surface area contributed by atoms with Crippen LogP contribution < -0.4 is 0 Å². The van der Waals surface area contributed by atoms with Crippen molar-refractivity contribution in [3.8, 4) is 0 Å². The van der Waals surface area contributed by atoms with Crippen molar-refractivity contribution in [1.29, 1.82) is 0 Å². The normalized spacial score (nSPS) is 9.90. The molecule has 0 saturated heterocycles. The van der Waals surface area contributed by atoms with Gasteiger partial charge in [0.1, 0.15) is 0 Å². The van der Waals surface area contributed by atoms with E-state index in [1.54, 1.807) is 18.2 Å². The van der Waals surface area contributed by atoms with Crippen LogP contribution in [-0.2, 0) is 0 Å². The highest BCUT2D eigenvalue weighted by Crippen LogP contribution is 2.26. The Morgan fingerprint density at radius 3 is 2.70 bits per heavy atom. The van der Waals surface area contributed by atoms with Gasteiger partial charge >= 0.3 is 0 Å². The van der Waals surface area contributed by atoms with Gasteiger partial charge in [0.15, 0.2) is 0 Å². The molecule has 0 saturated carbocycles. The van der Waals surface area contributed by atoms with Crippen LogP contribution in [0.15, 0.2) is 27.6 Å². The Morgan fingerprint density at radius 2 is 2.20 bits per heavy atom. The molecule has 0 amide bonds. The average molecular weight is 240 g/mol. The number of hydrogen-bond acceptors (Lipinski definition) is 2. The summed E-state index contributed by atoms with van der Waals surface area (Å²) in [6, 6.07) is 5.26. The van der Waals surface area contributed by atoms with E-state index < -0.39 is 0 Å². The van der Waals surface area contributed by atoms with Gasteiger partial charge in [-0.1, -0.05) is 11.6 Å². The molecule has 0 heterocycles. The molecule has 0 aliphatic carbocycles. The average Bonchev–Trinajstić information content (AvgIpc) is 1.95. The highest BCUT2D eigenvalue weighted by molar-refractivity contribution is 9.10. The summed E-state index contributed by atoms with van der Waals surface area (Å²) in [5.41, 5.74) is 0. The van der Waals surface area contributed by atoms with E-state index in [4.69, 9.17) is 16.2 Å². The summed E-state index contributed by atoms with van der Waals surface area (Å²) in [6.07, 6.45) is 0. The van der Waals surface area contributed by atoms with E-state index in [0.717, 1.165) is 9.37 Å². The van der Waals surface area contributed by atoms with Crippen LogP contribution in [-0.4, -0.2) is 4.55 Å². The van der Waals surface area contributed by atoms with Crippen molar-refractivity contribution in [3.05, 3.63) is 27.7 Å². The predicted octanol–water partition coefficient (Wildman–Crippen LogP) is 3.67. The van der Waals surface area contributed by atoms with E-state index in [1.165, 1.54) is 0 Å². The van der Waals surface area contributed by atoms with Crippen LogP contribution in [0, 0.1) is 0 Å². The molecule has 1 aromatic carbocycles. The van der Waals surface area contributed by atoms with Crippen molar-refractivity contribution >= 4 is 39.6 Å². The van der Waals surface area contributed by atoms with Crippen molar-refractivity contribution in [2.24, 2.45) is 0 Å². The van der Waals surface area contributed by atoms with Crippen molar-refractivity contribution in [2.75, 3.05) is 0 Å². The summed E-state index contributed by atoms with van der Waals surface area (Å²) >= 11 is 9.64. The number of benzene rings is 1. The van der Waals surface area contributed by atoms with Crippen molar-refractivity contribution < 1.29 is 4.55 Å². The molecule has 54 valence electrons. The fourth-order valence-electron chi connectivity index (χ4n) is 0.534. The molecule has 0 radical (unpaired) electrons. The van der Waals surface area contributed by atoms with E-state index >= 15 is 0 Å². The summed E-state index contributed by atoms with van der Waals surface area (Å²) in [5, 5.41) is 0.610. The first-order valence-electron chi connectivity index (χ1n) is 2.50. The van der Waals surface area contributed by atoms with E-state index in [9.17, 15) is 0 Å². The summed E-state index contributed by atoms with van der Waals surface area (Å²) in [6.45, 7) is 0. The minimum absolute atomic E-state index is 0.610. The zero-order valence-corrected chi connectivity index (χ0v) is 8.00. The zero-order chi connectivity index (χ0) is 7.56. The van der Waals surface area contributed by atoms with Crippen molar-refractivity contribution in [3.63, 3.8) is 0 Å². The second kappa shape index (κ2) is 3.62. The number of halogens is 2. The third kappa shape index (κ3) is 1.89. The van der Waals surface area contributed by atoms with Crippen LogP contribution in [0.3, 0.4) is 0 Å². The smallest absolute Gasteiger partial charge is 0.0560 e. The minimum atomic E-state index is 0.610. The quantitative estimate of drug-likeness (QED) is 0.755. The maximum Gasteiger partial charge on any atom is 0.0560 e. The lowest BCUT2D eigenvalue weighted by Gasteiger charge is -1.96. The minimum Gasteiger partial charge on any atom is -0.325 e. The lowest BCUT2D eigenvalue weighted by Crippen LogP contribution is -1.71. The van der Waals surface area contributed by atoms with E-state index in [1.807, 2.05) is 0 Å². The molecule has 1 nitrogen and oxygen atoms in total. The summed E-state index contributed by atoms with van der Waals surface area (Å²) in [5.74, 6) is 0. The van der Waals surface area contributed by atoms with Crippen LogP contribution in [0.1, 0.15) is 0 Å². The molecule has 0 spiro atoms. The molecule has 10 heavy (non-hydrogen) atoms. The molecule has 0 aliphatic rings. The van der Waals surface area contributed by atoms with E-state index in [0.29, 0.717) is 17.1 Å². The highest BCUT2D eigenvalue weighted by atomic mass is 79.9. The molecule has 1 rings (SSSR count). The van der Waals surface area contributed by atoms with Gasteiger partial charge in [0.2, 0.25) is 0 Å². The Balaban J connectivity index is 3.04. The van der Waals surface area contributed by atoms with Crippen molar-refractivity contribution in [2.45, 2.75) is 4.90 Å². The molecule has 0 aliphatic heterocycles. The lowest BCUT2D eigenvalue weighted by molar-refractivity contribution is 0.664. The van der Waals surface area contributed by atoms with Crippen LogP contribution in [0.4, 0.5) is 0 Å². The Kier molecular flexibility index (Phi) is 3.04. The Hall–Kier alpha value is 0.300. The molecule has 0 unspecified atom stereocenters.